The van der Waals surface area contributed by atoms with Crippen molar-refractivity contribution in [2.75, 3.05) is 0 Å². The zero-order valence-corrected chi connectivity index (χ0v) is 4.25. The molecule has 0 aliphatic carbocycles. The first-order chi connectivity index (χ1) is 2.89. The second-order valence-corrected chi connectivity index (χ2v) is 1.36. The highest BCUT2D eigenvalue weighted by Crippen LogP contribution is 1.96. The highest BCUT2D eigenvalue weighted by molar-refractivity contribution is 9.18. The fraction of sp³-hybridized carbons (Fsp3) is 0. The lowest BCUT2D eigenvalue weighted by Crippen LogP contribution is -1.72. The molecule has 1 radical (unpaired) electrons. The molecule has 0 spiro atoms. The first kappa shape index (κ1) is 3.73. The number of hydrogen-bond acceptors (Lipinski definition) is 3. The van der Waals surface area contributed by atoms with Crippen LogP contribution >= 0.6 is 15.9 Å². The Morgan fingerprint density at radius 1 is 1.50 bits per heavy atom. The minimum absolute atomic E-state index is 0.433. The van der Waals surface area contributed by atoms with Gasteiger partial charge in [-0.3, -0.25) is 0 Å². The van der Waals surface area contributed by atoms with Crippen LogP contribution in [-0.4, -0.2) is 4.74 Å². The number of hydrogen-bond donors (Lipinski definition) is 0. The Balaban J connectivity index is 2.68. The van der Waals surface area contributed by atoms with Crippen molar-refractivity contribution < 1.29 is 0 Å². The van der Waals surface area contributed by atoms with Crippen LogP contribution in [0.4, 0.5) is 0 Å². The molecule has 0 bridgehead atoms. The van der Waals surface area contributed by atoms with E-state index in [1.165, 1.54) is 0 Å². The standard InChI is InChI=1S/CBrN4/c2-1-3-5-6-4-1. The fourth-order valence-electron chi connectivity index (χ4n) is 0.134. The molecule has 0 aromatic rings. The molecule has 0 aromatic carbocycles. The molecule has 1 aliphatic rings. The molecule has 31 valence electrons. The van der Waals surface area contributed by atoms with Gasteiger partial charge in [-0.1, -0.05) is 10.2 Å². The summed E-state index contributed by atoms with van der Waals surface area (Å²) >= 11 is 2.93. The van der Waals surface area contributed by atoms with Gasteiger partial charge in [0.15, 0.2) is 0 Å². The van der Waals surface area contributed by atoms with Crippen LogP contribution in [-0.2, 0) is 0 Å². The number of rotatable bonds is 0. The summed E-state index contributed by atoms with van der Waals surface area (Å²) in [5.74, 6) is 0. The maximum atomic E-state index is 3.36. The van der Waals surface area contributed by atoms with Crippen LogP contribution in [0.1, 0.15) is 0 Å². The Hall–Kier alpha value is -0.450. The Morgan fingerprint density at radius 2 is 2.33 bits per heavy atom. The number of halogens is 1. The molecule has 0 amide bonds. The summed E-state index contributed by atoms with van der Waals surface area (Å²) in [6.45, 7) is 0. The van der Waals surface area contributed by atoms with Gasteiger partial charge in [-0.2, -0.15) is 0 Å². The van der Waals surface area contributed by atoms with Crippen LogP contribution in [0.2, 0.25) is 0 Å². The SMILES string of the molecule is BrC1=N[N]N=N1. The van der Waals surface area contributed by atoms with Crippen LogP contribution in [0.25, 0.3) is 0 Å². The molecule has 0 atom stereocenters. The minimum atomic E-state index is 0.433. The van der Waals surface area contributed by atoms with Crippen LogP contribution < -0.4 is 5.53 Å². The average molecular weight is 148 g/mol. The number of amidine groups is 1. The van der Waals surface area contributed by atoms with E-state index >= 15 is 0 Å². The monoisotopic (exact) mass is 147 g/mol. The van der Waals surface area contributed by atoms with E-state index in [-0.39, 0.29) is 0 Å². The molecule has 0 saturated heterocycles. The van der Waals surface area contributed by atoms with Crippen LogP contribution in [0, 0.1) is 0 Å². The molecular weight excluding hydrogens is 148 g/mol. The van der Waals surface area contributed by atoms with Gasteiger partial charge in [0.1, 0.15) is 0 Å². The third kappa shape index (κ3) is 0.538. The lowest BCUT2D eigenvalue weighted by molar-refractivity contribution is 0.780. The lowest BCUT2D eigenvalue weighted by atomic mass is 11.4. The van der Waals surface area contributed by atoms with E-state index in [2.05, 4.69) is 36.9 Å². The van der Waals surface area contributed by atoms with E-state index in [1.54, 1.807) is 0 Å². The first-order valence-electron chi connectivity index (χ1n) is 1.24. The number of nitrogens with zero attached hydrogens (tertiary/aromatic N) is 4. The van der Waals surface area contributed by atoms with Crippen LogP contribution in [0.3, 0.4) is 0 Å². The van der Waals surface area contributed by atoms with Crippen molar-refractivity contribution in [2.45, 2.75) is 0 Å². The topological polar surface area (TPSA) is 51.2 Å². The third-order valence-corrected chi connectivity index (χ3v) is 0.612. The van der Waals surface area contributed by atoms with Crippen molar-refractivity contribution in [1.29, 1.82) is 0 Å². The van der Waals surface area contributed by atoms with Crippen molar-refractivity contribution in [3.05, 3.63) is 0 Å². The van der Waals surface area contributed by atoms with E-state index in [4.69, 9.17) is 0 Å². The summed E-state index contributed by atoms with van der Waals surface area (Å²) in [7, 11) is 0. The molecule has 5 heteroatoms. The third-order valence-electron chi connectivity index (χ3n) is 0.294. The minimum Gasteiger partial charge on any atom is -0.0989 e. The fourth-order valence-corrected chi connectivity index (χ4v) is 0.276. The van der Waals surface area contributed by atoms with Gasteiger partial charge in [0.2, 0.25) is 4.74 Å². The maximum absolute atomic E-state index is 3.36. The Morgan fingerprint density at radius 3 is 2.50 bits per heavy atom. The predicted molar refractivity (Wildman–Crippen MR) is 23.4 cm³/mol. The smallest absolute Gasteiger partial charge is 0.0989 e. The molecule has 0 saturated carbocycles. The molecule has 0 aromatic heterocycles. The zero-order chi connectivity index (χ0) is 4.41. The quantitative estimate of drug-likeness (QED) is 0.452. The predicted octanol–water partition coefficient (Wildman–Crippen LogP) is 0.637. The van der Waals surface area contributed by atoms with Crippen LogP contribution in [0.15, 0.2) is 15.4 Å². The highest BCUT2D eigenvalue weighted by atomic mass is 79.9. The Bertz CT molecular complexity index is 101. The van der Waals surface area contributed by atoms with Crippen molar-refractivity contribution in [2.24, 2.45) is 15.4 Å². The molecule has 1 aliphatic heterocycles. The first-order valence-corrected chi connectivity index (χ1v) is 2.03. The molecule has 1 rings (SSSR count). The zero-order valence-electron chi connectivity index (χ0n) is 2.67. The van der Waals surface area contributed by atoms with E-state index in [0.717, 1.165) is 0 Å². The Labute approximate surface area is 42.4 Å². The molecule has 0 unspecified atom stereocenters. The van der Waals surface area contributed by atoms with Gasteiger partial charge in [0.05, 0.1) is 0 Å². The summed E-state index contributed by atoms with van der Waals surface area (Å²) in [5.41, 5.74) is 3.16. The molecular formula is CBrN4. The second-order valence-electron chi connectivity index (χ2n) is 0.648. The molecule has 4 nitrogen and oxygen atoms in total. The largest absolute Gasteiger partial charge is 0.242 e. The van der Waals surface area contributed by atoms with Crippen molar-refractivity contribution in [3.63, 3.8) is 0 Å². The average Bonchev–Trinajstić information content (AvgIpc) is 1.86. The normalized spacial score (nSPS) is 17.2. The van der Waals surface area contributed by atoms with Crippen LogP contribution in [0.5, 0.6) is 0 Å². The second kappa shape index (κ2) is 1.34. The van der Waals surface area contributed by atoms with E-state index in [0.29, 0.717) is 4.74 Å². The maximum Gasteiger partial charge on any atom is 0.242 e. The summed E-state index contributed by atoms with van der Waals surface area (Å²) < 4.78 is 0.433. The summed E-state index contributed by atoms with van der Waals surface area (Å²) in [6.07, 6.45) is 0. The summed E-state index contributed by atoms with van der Waals surface area (Å²) in [5, 5.41) is 9.89. The lowest BCUT2D eigenvalue weighted by Gasteiger charge is -1.61. The Kier molecular flexibility index (Phi) is 0.831. The molecule has 0 N–H and O–H groups in total. The van der Waals surface area contributed by atoms with Crippen molar-refractivity contribution in [1.82, 2.24) is 5.53 Å². The molecule has 1 heterocycles. The van der Waals surface area contributed by atoms with E-state index in [1.807, 2.05) is 0 Å². The van der Waals surface area contributed by atoms with Crippen molar-refractivity contribution >= 4 is 20.7 Å². The van der Waals surface area contributed by atoms with Gasteiger partial charge in [-0.15, -0.1) is 0 Å². The molecule has 6 heavy (non-hydrogen) atoms. The summed E-state index contributed by atoms with van der Waals surface area (Å²) in [4.78, 5) is 0. The van der Waals surface area contributed by atoms with Gasteiger partial charge >= 0.3 is 0 Å². The van der Waals surface area contributed by atoms with Gasteiger partial charge in [0.25, 0.3) is 0 Å². The van der Waals surface area contributed by atoms with E-state index in [9.17, 15) is 0 Å². The molecule has 0 fully saturated rings. The van der Waals surface area contributed by atoms with Gasteiger partial charge in [-0.05, 0) is 26.7 Å². The van der Waals surface area contributed by atoms with Crippen molar-refractivity contribution in [3.8, 4) is 0 Å². The van der Waals surface area contributed by atoms with Gasteiger partial charge < -0.3 is 0 Å². The van der Waals surface area contributed by atoms with Gasteiger partial charge in [0, 0.05) is 0 Å². The highest BCUT2D eigenvalue weighted by Gasteiger charge is 1.93. The summed E-state index contributed by atoms with van der Waals surface area (Å²) in [6, 6.07) is 0. The van der Waals surface area contributed by atoms with Gasteiger partial charge in [-0.25, -0.2) is 0 Å². The van der Waals surface area contributed by atoms with E-state index < -0.39 is 0 Å².